The van der Waals surface area contributed by atoms with E-state index >= 15 is 0 Å². The molecule has 0 radical (unpaired) electrons. The number of carbonyl (C=O) groups excluding carboxylic acids is 1. The Kier molecular flexibility index (Phi) is 7.19. The summed E-state index contributed by atoms with van der Waals surface area (Å²) in [4.78, 5) is 12.8. The number of hydrogen-bond donors (Lipinski definition) is 2. The molecule has 0 saturated carbocycles. The number of anilines is 1. The molecule has 0 heterocycles. The first-order chi connectivity index (χ1) is 14.2. The minimum Gasteiger partial charge on any atom is -0.493 e. The average Bonchev–Trinajstić information content (AvgIpc) is 2.76. The number of rotatable bonds is 9. The monoisotopic (exact) mass is 394 g/mol. The maximum absolute atomic E-state index is 13.1. The van der Waals surface area contributed by atoms with Crippen LogP contribution in [0.2, 0.25) is 0 Å². The van der Waals surface area contributed by atoms with E-state index < -0.39 is 6.04 Å². The second kappa shape index (κ2) is 10.2. The van der Waals surface area contributed by atoms with Crippen molar-refractivity contribution >= 4 is 11.6 Å². The third-order valence-electron chi connectivity index (χ3n) is 4.28. The van der Waals surface area contributed by atoms with Crippen LogP contribution in [0.3, 0.4) is 0 Å². The molecule has 2 N–H and O–H groups in total. The number of ether oxygens (including phenoxy) is 2. The molecule has 1 atom stereocenters. The van der Waals surface area contributed by atoms with Crippen LogP contribution in [0.1, 0.15) is 11.6 Å². The molecule has 29 heavy (non-hydrogen) atoms. The van der Waals surface area contributed by atoms with Gasteiger partial charge in [-0.05, 0) is 42.0 Å². The van der Waals surface area contributed by atoms with Crippen molar-refractivity contribution in [1.82, 2.24) is 5.32 Å². The normalized spacial score (nSPS) is 11.5. The highest BCUT2D eigenvalue weighted by atomic mass is 19.1. The van der Waals surface area contributed by atoms with Crippen LogP contribution in [0.4, 0.5) is 10.1 Å². The van der Waals surface area contributed by atoms with E-state index in [1.807, 2.05) is 54.6 Å². The number of methoxy groups -OCH3 is 1. The number of benzene rings is 3. The fourth-order valence-electron chi connectivity index (χ4n) is 2.86. The van der Waals surface area contributed by atoms with Crippen LogP contribution in [0.25, 0.3) is 0 Å². The van der Waals surface area contributed by atoms with E-state index in [9.17, 15) is 9.18 Å². The van der Waals surface area contributed by atoms with Crippen molar-refractivity contribution in [3.05, 3.63) is 90.2 Å². The predicted octanol–water partition coefficient (Wildman–Crippen LogP) is 4.18. The lowest BCUT2D eigenvalue weighted by molar-refractivity contribution is -0.118. The fourth-order valence-corrected chi connectivity index (χ4v) is 2.86. The Morgan fingerprint density at radius 2 is 1.59 bits per heavy atom. The summed E-state index contributed by atoms with van der Waals surface area (Å²) in [6, 6.07) is 21.9. The summed E-state index contributed by atoms with van der Waals surface area (Å²) in [5.41, 5.74) is 1.36. The van der Waals surface area contributed by atoms with Gasteiger partial charge in [-0.25, -0.2) is 4.39 Å². The Hall–Kier alpha value is -3.38. The molecular formula is C23H23FN2O3. The van der Waals surface area contributed by atoms with E-state index in [0.29, 0.717) is 30.3 Å². The van der Waals surface area contributed by atoms with Gasteiger partial charge in [-0.3, -0.25) is 10.1 Å². The second-order valence-electron chi connectivity index (χ2n) is 6.29. The van der Waals surface area contributed by atoms with Gasteiger partial charge in [0, 0.05) is 12.2 Å². The molecular weight excluding hydrogens is 371 g/mol. The van der Waals surface area contributed by atoms with Crippen LogP contribution in [0, 0.1) is 5.82 Å². The third-order valence-corrected chi connectivity index (χ3v) is 4.28. The molecule has 0 aliphatic carbocycles. The van der Waals surface area contributed by atoms with Crippen LogP contribution in [-0.4, -0.2) is 26.2 Å². The summed E-state index contributed by atoms with van der Waals surface area (Å²) in [6.45, 7) is 0.794. The molecule has 5 nitrogen and oxygen atoms in total. The highest BCUT2D eigenvalue weighted by Gasteiger charge is 2.20. The Bertz CT molecular complexity index is 917. The van der Waals surface area contributed by atoms with Gasteiger partial charge in [-0.2, -0.15) is 0 Å². The lowest BCUT2D eigenvalue weighted by Crippen LogP contribution is -2.35. The number of hydrogen-bond acceptors (Lipinski definition) is 4. The van der Waals surface area contributed by atoms with Gasteiger partial charge >= 0.3 is 0 Å². The van der Waals surface area contributed by atoms with Crippen LogP contribution in [-0.2, 0) is 4.79 Å². The lowest BCUT2D eigenvalue weighted by Gasteiger charge is -2.19. The average molecular weight is 394 g/mol. The first-order valence-electron chi connectivity index (χ1n) is 9.28. The maximum atomic E-state index is 13.1. The van der Waals surface area contributed by atoms with Crippen LogP contribution >= 0.6 is 0 Å². The molecule has 1 amide bonds. The van der Waals surface area contributed by atoms with E-state index in [4.69, 9.17) is 9.47 Å². The van der Waals surface area contributed by atoms with Crippen LogP contribution in [0.15, 0.2) is 78.9 Å². The molecule has 0 saturated heterocycles. The van der Waals surface area contributed by atoms with Gasteiger partial charge in [0.05, 0.1) is 7.11 Å². The van der Waals surface area contributed by atoms with Gasteiger partial charge in [-0.15, -0.1) is 0 Å². The zero-order valence-electron chi connectivity index (χ0n) is 16.1. The highest BCUT2D eigenvalue weighted by Crippen LogP contribution is 2.25. The van der Waals surface area contributed by atoms with Crippen molar-refractivity contribution < 1.29 is 18.7 Å². The Morgan fingerprint density at radius 1 is 0.931 bits per heavy atom. The van der Waals surface area contributed by atoms with Crippen LogP contribution < -0.4 is 20.1 Å². The Morgan fingerprint density at radius 3 is 2.28 bits per heavy atom. The van der Waals surface area contributed by atoms with Crippen molar-refractivity contribution in [1.29, 1.82) is 0 Å². The molecule has 0 fully saturated rings. The third kappa shape index (κ3) is 5.80. The number of amides is 1. The largest absolute Gasteiger partial charge is 0.493 e. The van der Waals surface area contributed by atoms with Gasteiger partial charge in [0.25, 0.3) is 0 Å². The molecule has 3 aromatic carbocycles. The number of halogens is 1. The topological polar surface area (TPSA) is 59.6 Å². The van der Waals surface area contributed by atoms with E-state index in [1.54, 1.807) is 7.11 Å². The van der Waals surface area contributed by atoms with Crippen LogP contribution in [0.5, 0.6) is 11.5 Å². The molecule has 0 aliphatic heterocycles. The Labute approximate surface area is 169 Å². The van der Waals surface area contributed by atoms with Gasteiger partial charge < -0.3 is 14.8 Å². The lowest BCUT2D eigenvalue weighted by atomic mass is 10.1. The Balaban J connectivity index is 1.63. The minimum atomic E-state index is -0.581. The summed E-state index contributed by atoms with van der Waals surface area (Å²) >= 11 is 0. The van der Waals surface area contributed by atoms with Gasteiger partial charge in [0.2, 0.25) is 5.91 Å². The van der Waals surface area contributed by atoms with E-state index in [-0.39, 0.29) is 11.7 Å². The molecule has 6 heteroatoms. The zero-order valence-corrected chi connectivity index (χ0v) is 16.1. The first kappa shape index (κ1) is 20.4. The summed E-state index contributed by atoms with van der Waals surface area (Å²) in [7, 11) is 1.59. The van der Waals surface area contributed by atoms with Gasteiger partial charge in [-0.1, -0.05) is 42.5 Å². The molecule has 3 rings (SSSR count). The molecule has 150 valence electrons. The van der Waals surface area contributed by atoms with Crippen molar-refractivity contribution in [2.75, 3.05) is 25.6 Å². The first-order valence-corrected chi connectivity index (χ1v) is 9.28. The predicted molar refractivity (Wildman–Crippen MR) is 111 cm³/mol. The van der Waals surface area contributed by atoms with Crippen molar-refractivity contribution in [3.8, 4) is 11.5 Å². The number of para-hydroxylation sites is 2. The summed E-state index contributed by atoms with van der Waals surface area (Å²) < 4.78 is 24.1. The second-order valence-corrected chi connectivity index (χ2v) is 6.29. The van der Waals surface area contributed by atoms with E-state index in [1.165, 1.54) is 24.3 Å². The SMILES string of the molecule is COc1ccccc1OCCN[C@H](C(=O)Nc1ccc(F)cc1)c1ccccc1. The standard InChI is InChI=1S/C23H23FN2O3/c1-28-20-9-5-6-10-21(20)29-16-15-25-22(17-7-3-2-4-8-17)23(27)26-19-13-11-18(24)12-14-19/h2-14,22,25H,15-16H2,1H3,(H,26,27)/t22-/m0/s1. The molecule has 0 aromatic heterocycles. The zero-order chi connectivity index (χ0) is 20.5. The summed E-state index contributed by atoms with van der Waals surface area (Å²) in [6.07, 6.45) is 0. The molecule has 0 spiro atoms. The molecule has 0 aliphatic rings. The van der Waals surface area contributed by atoms with E-state index in [2.05, 4.69) is 10.6 Å². The fraction of sp³-hybridized carbons (Fsp3) is 0.174. The minimum absolute atomic E-state index is 0.236. The number of carbonyl (C=O) groups is 1. The quantitative estimate of drug-likeness (QED) is 0.535. The highest BCUT2D eigenvalue weighted by molar-refractivity contribution is 5.95. The van der Waals surface area contributed by atoms with Gasteiger partial charge in [0.1, 0.15) is 18.5 Å². The summed E-state index contributed by atoms with van der Waals surface area (Å²) in [5.74, 6) is 0.708. The molecule has 3 aromatic rings. The molecule has 0 unspecified atom stereocenters. The molecule has 0 bridgehead atoms. The van der Waals surface area contributed by atoms with E-state index in [0.717, 1.165) is 5.56 Å². The van der Waals surface area contributed by atoms with Crippen molar-refractivity contribution in [2.24, 2.45) is 0 Å². The smallest absolute Gasteiger partial charge is 0.246 e. The van der Waals surface area contributed by atoms with Crippen molar-refractivity contribution in [3.63, 3.8) is 0 Å². The number of nitrogens with one attached hydrogen (secondary N) is 2. The van der Waals surface area contributed by atoms with Gasteiger partial charge in [0.15, 0.2) is 11.5 Å². The summed E-state index contributed by atoms with van der Waals surface area (Å²) in [5, 5.41) is 6.04. The maximum Gasteiger partial charge on any atom is 0.246 e. The van der Waals surface area contributed by atoms with Crippen molar-refractivity contribution in [2.45, 2.75) is 6.04 Å².